The van der Waals surface area contributed by atoms with E-state index in [0.717, 1.165) is 17.8 Å². The van der Waals surface area contributed by atoms with E-state index in [9.17, 15) is 9.90 Å². The van der Waals surface area contributed by atoms with Crippen LogP contribution in [0.2, 0.25) is 5.02 Å². The lowest BCUT2D eigenvalue weighted by Gasteiger charge is -2.48. The first-order valence-corrected chi connectivity index (χ1v) is 12.8. The van der Waals surface area contributed by atoms with Crippen molar-refractivity contribution in [3.63, 3.8) is 0 Å². The maximum absolute atomic E-state index is 11.7. The van der Waals surface area contributed by atoms with E-state index in [1.807, 2.05) is 54.6 Å². The predicted molar refractivity (Wildman–Crippen MR) is 146 cm³/mol. The molecule has 3 aromatic rings. The van der Waals surface area contributed by atoms with Gasteiger partial charge in [-0.2, -0.15) is 0 Å². The summed E-state index contributed by atoms with van der Waals surface area (Å²) in [7, 11) is 0. The number of hydrogen-bond acceptors (Lipinski definition) is 6. The fourth-order valence-corrected chi connectivity index (χ4v) is 5.23. The average Bonchev–Trinajstić information content (AvgIpc) is 2.88. The second-order valence-electron chi connectivity index (χ2n) is 9.80. The normalized spacial score (nSPS) is 19.9. The van der Waals surface area contributed by atoms with Crippen molar-refractivity contribution < 1.29 is 19.7 Å². The number of nitrogens with two attached hydrogens (primary N) is 1. The quantitative estimate of drug-likeness (QED) is 0.392. The van der Waals surface area contributed by atoms with E-state index in [1.54, 1.807) is 25.1 Å². The molecule has 4 rings (SSSR count). The van der Waals surface area contributed by atoms with Gasteiger partial charge in [-0.25, -0.2) is 0 Å². The summed E-state index contributed by atoms with van der Waals surface area (Å²) < 4.78 is 5.54. The van der Waals surface area contributed by atoms with Crippen molar-refractivity contribution in [1.82, 2.24) is 4.90 Å². The van der Waals surface area contributed by atoms with E-state index >= 15 is 0 Å². The van der Waals surface area contributed by atoms with Gasteiger partial charge in [0.2, 0.25) is 5.91 Å². The molecular formula is C29H34ClN3O4. The molecule has 1 saturated heterocycles. The second kappa shape index (κ2) is 11.5. The molecule has 8 heteroatoms. The van der Waals surface area contributed by atoms with Gasteiger partial charge in [0.05, 0.1) is 18.2 Å². The Kier molecular flexibility index (Phi) is 8.39. The lowest BCUT2D eigenvalue weighted by atomic mass is 9.91. The van der Waals surface area contributed by atoms with E-state index in [0.29, 0.717) is 35.0 Å². The maximum Gasteiger partial charge on any atom is 0.248 e. The summed E-state index contributed by atoms with van der Waals surface area (Å²) in [5, 5.41) is 21.2. The zero-order valence-electron chi connectivity index (χ0n) is 21.2. The number of aliphatic hydroxyl groups is 2. The van der Waals surface area contributed by atoms with E-state index in [1.165, 1.54) is 0 Å². The number of anilines is 1. The molecule has 1 fully saturated rings. The molecular weight excluding hydrogens is 490 g/mol. The number of ether oxygens (including phenoxy) is 1. The average molecular weight is 524 g/mol. The Morgan fingerprint density at radius 3 is 2.46 bits per heavy atom. The smallest absolute Gasteiger partial charge is 0.248 e. The Balaban J connectivity index is 1.60. The SMILES string of the molecule is C[C@@H]1CN(C[C@@](C)(O)c2cccc(C(N)=O)c2)C[C@@H](c2ccc(Cl)cc2)N1c1ccc(OCCO)cc1. The molecule has 0 saturated carbocycles. The highest BCUT2D eigenvalue weighted by molar-refractivity contribution is 6.30. The van der Waals surface area contributed by atoms with Gasteiger partial charge in [0, 0.05) is 41.9 Å². The van der Waals surface area contributed by atoms with E-state index in [2.05, 4.69) is 16.7 Å². The van der Waals surface area contributed by atoms with Crippen LogP contribution in [0.25, 0.3) is 0 Å². The predicted octanol–water partition coefficient (Wildman–Crippen LogP) is 3.97. The van der Waals surface area contributed by atoms with Crippen molar-refractivity contribution in [2.45, 2.75) is 31.5 Å². The number of halogens is 1. The highest BCUT2D eigenvalue weighted by Gasteiger charge is 2.36. The van der Waals surface area contributed by atoms with Gasteiger partial charge >= 0.3 is 0 Å². The summed E-state index contributed by atoms with van der Waals surface area (Å²) in [4.78, 5) is 16.3. The van der Waals surface area contributed by atoms with Crippen LogP contribution in [0.5, 0.6) is 5.75 Å². The number of rotatable bonds is 9. The van der Waals surface area contributed by atoms with Crippen LogP contribution in [0.1, 0.15) is 41.4 Å². The molecule has 3 atom stereocenters. The molecule has 1 aliphatic rings. The Morgan fingerprint density at radius 2 is 1.81 bits per heavy atom. The highest BCUT2D eigenvalue weighted by Crippen LogP contribution is 2.36. The number of nitrogens with zero attached hydrogens (tertiary/aromatic N) is 2. The molecule has 1 aliphatic heterocycles. The third kappa shape index (κ3) is 6.43. The topological polar surface area (TPSA) is 99.3 Å². The number of carbonyl (C=O) groups is 1. The van der Waals surface area contributed by atoms with Gasteiger partial charge in [-0.1, -0.05) is 35.9 Å². The van der Waals surface area contributed by atoms with Gasteiger partial charge < -0.3 is 25.6 Å². The molecule has 1 amide bonds. The van der Waals surface area contributed by atoms with Gasteiger partial charge in [0.1, 0.15) is 12.4 Å². The van der Waals surface area contributed by atoms with Crippen LogP contribution in [-0.2, 0) is 5.60 Å². The van der Waals surface area contributed by atoms with Crippen LogP contribution < -0.4 is 15.4 Å². The first-order valence-electron chi connectivity index (χ1n) is 12.4. The van der Waals surface area contributed by atoms with Gasteiger partial charge in [-0.05, 0) is 73.5 Å². The largest absolute Gasteiger partial charge is 0.491 e. The van der Waals surface area contributed by atoms with Crippen LogP contribution in [0.4, 0.5) is 5.69 Å². The Morgan fingerprint density at radius 1 is 1.11 bits per heavy atom. The lowest BCUT2D eigenvalue weighted by Crippen LogP contribution is -2.56. The van der Waals surface area contributed by atoms with Gasteiger partial charge in [-0.3, -0.25) is 9.69 Å². The summed E-state index contributed by atoms with van der Waals surface area (Å²) in [5.41, 5.74) is 7.49. The molecule has 4 N–H and O–H groups in total. The minimum absolute atomic E-state index is 0.0120. The maximum atomic E-state index is 11.7. The van der Waals surface area contributed by atoms with Crippen molar-refractivity contribution in [2.24, 2.45) is 5.73 Å². The van der Waals surface area contributed by atoms with E-state index < -0.39 is 11.5 Å². The molecule has 1 heterocycles. The summed E-state index contributed by atoms with van der Waals surface area (Å²) in [6.45, 7) is 5.98. The summed E-state index contributed by atoms with van der Waals surface area (Å²) in [6.07, 6.45) is 0. The summed E-state index contributed by atoms with van der Waals surface area (Å²) in [5.74, 6) is 0.192. The van der Waals surface area contributed by atoms with Crippen molar-refractivity contribution in [1.29, 1.82) is 0 Å². The molecule has 37 heavy (non-hydrogen) atoms. The number of carbonyl (C=O) groups excluding carboxylic acids is 1. The Hall–Kier alpha value is -3.10. The minimum Gasteiger partial charge on any atom is -0.491 e. The summed E-state index contributed by atoms with van der Waals surface area (Å²) >= 11 is 6.19. The van der Waals surface area contributed by atoms with Gasteiger partial charge in [0.25, 0.3) is 0 Å². The zero-order valence-corrected chi connectivity index (χ0v) is 21.9. The van der Waals surface area contributed by atoms with Gasteiger partial charge in [0.15, 0.2) is 0 Å². The highest BCUT2D eigenvalue weighted by atomic mass is 35.5. The first-order chi connectivity index (χ1) is 17.7. The number of β-amino-alcohol motifs (C(OH)–C–C–N with tert-alkyl or cyclic N) is 1. The number of hydrogen-bond donors (Lipinski definition) is 3. The van der Waals surface area contributed by atoms with Crippen LogP contribution in [0.15, 0.2) is 72.8 Å². The number of primary amides is 1. The van der Waals surface area contributed by atoms with Crippen molar-refractivity contribution >= 4 is 23.2 Å². The Bertz CT molecular complexity index is 1200. The van der Waals surface area contributed by atoms with Crippen LogP contribution in [-0.4, -0.2) is 59.9 Å². The fourth-order valence-electron chi connectivity index (χ4n) is 5.10. The lowest BCUT2D eigenvalue weighted by molar-refractivity contribution is 0.00634. The first kappa shape index (κ1) is 26.9. The van der Waals surface area contributed by atoms with Crippen molar-refractivity contribution in [2.75, 3.05) is 37.7 Å². The van der Waals surface area contributed by atoms with Crippen molar-refractivity contribution in [3.8, 4) is 5.75 Å². The van der Waals surface area contributed by atoms with E-state index in [4.69, 9.17) is 27.2 Å². The molecule has 0 unspecified atom stereocenters. The molecule has 3 aromatic carbocycles. The molecule has 0 bridgehead atoms. The van der Waals surface area contributed by atoms with Gasteiger partial charge in [-0.15, -0.1) is 0 Å². The van der Waals surface area contributed by atoms with Crippen LogP contribution >= 0.6 is 11.6 Å². The van der Waals surface area contributed by atoms with E-state index in [-0.39, 0.29) is 25.3 Å². The standard InChI is InChI=1S/C29H34ClN3O4/c1-20-17-32(19-29(2,36)23-5-3-4-22(16-23)28(31)35)18-27(21-6-8-24(30)9-7-21)33(20)25-10-12-26(13-11-25)37-15-14-34/h3-13,16,20,27,34,36H,14-15,17-19H2,1-2H3,(H2,31,35)/t20-,27+,29-/m1/s1. The monoisotopic (exact) mass is 523 g/mol. The van der Waals surface area contributed by atoms with Crippen LogP contribution in [0, 0.1) is 0 Å². The summed E-state index contributed by atoms with van der Waals surface area (Å²) in [6, 6.07) is 22.8. The second-order valence-corrected chi connectivity index (χ2v) is 10.2. The molecule has 0 radical (unpaired) electrons. The molecule has 196 valence electrons. The molecule has 0 spiro atoms. The third-order valence-corrected chi connectivity index (χ3v) is 7.07. The number of benzene rings is 3. The molecule has 7 nitrogen and oxygen atoms in total. The number of amides is 1. The minimum atomic E-state index is -1.18. The Labute approximate surface area is 223 Å². The molecule has 0 aromatic heterocycles. The molecule has 0 aliphatic carbocycles. The van der Waals surface area contributed by atoms with Crippen molar-refractivity contribution in [3.05, 3.63) is 94.5 Å². The number of aliphatic hydroxyl groups excluding tert-OH is 1. The third-order valence-electron chi connectivity index (χ3n) is 6.81. The fraction of sp³-hybridized carbons (Fsp3) is 0.345. The van der Waals surface area contributed by atoms with Crippen LogP contribution in [0.3, 0.4) is 0 Å². The zero-order chi connectivity index (χ0) is 26.6. The number of piperazine rings is 1.